The summed E-state index contributed by atoms with van der Waals surface area (Å²) in [5.74, 6) is 0.659. The minimum atomic E-state index is -4.37. The first kappa shape index (κ1) is 15.2. The van der Waals surface area contributed by atoms with Gasteiger partial charge in [0.15, 0.2) is 4.34 Å². The molecular formula is C11H10F3N3OS2. The van der Waals surface area contributed by atoms with Crippen molar-refractivity contribution in [2.45, 2.75) is 22.0 Å². The average molecular weight is 321 g/mol. The maximum atomic E-state index is 12.4. The third-order valence-electron chi connectivity index (χ3n) is 2.23. The van der Waals surface area contributed by atoms with Crippen molar-refractivity contribution in [2.75, 3.05) is 13.7 Å². The Labute approximate surface area is 121 Å². The van der Waals surface area contributed by atoms with Gasteiger partial charge >= 0.3 is 6.18 Å². The predicted molar refractivity (Wildman–Crippen MR) is 68.9 cm³/mol. The number of ether oxygens (including phenoxy) is 1. The molecule has 0 spiro atoms. The van der Waals surface area contributed by atoms with Gasteiger partial charge in [0.05, 0.1) is 12.2 Å². The molecule has 0 amide bonds. The number of halogens is 3. The number of rotatable bonds is 5. The first-order valence-electron chi connectivity index (χ1n) is 5.51. The molecule has 108 valence electrons. The summed E-state index contributed by atoms with van der Waals surface area (Å²) < 4.78 is 46.9. The van der Waals surface area contributed by atoms with Crippen molar-refractivity contribution in [3.8, 4) is 0 Å². The van der Waals surface area contributed by atoms with Crippen LogP contribution in [0.4, 0.5) is 13.2 Å². The third-order valence-corrected chi connectivity index (χ3v) is 3.97. The summed E-state index contributed by atoms with van der Waals surface area (Å²) in [5.41, 5.74) is -0.764. The van der Waals surface area contributed by atoms with Crippen LogP contribution in [0.2, 0.25) is 0 Å². The van der Waals surface area contributed by atoms with E-state index in [1.807, 2.05) is 0 Å². The van der Waals surface area contributed by atoms with Gasteiger partial charge < -0.3 is 4.74 Å². The van der Waals surface area contributed by atoms with Crippen LogP contribution in [0.1, 0.15) is 11.4 Å². The van der Waals surface area contributed by atoms with E-state index in [2.05, 4.69) is 14.3 Å². The molecule has 4 nitrogen and oxygen atoms in total. The number of aromatic nitrogens is 3. The molecule has 0 aliphatic heterocycles. The van der Waals surface area contributed by atoms with E-state index in [1.54, 1.807) is 7.11 Å². The molecule has 0 saturated carbocycles. The quantitative estimate of drug-likeness (QED) is 0.846. The van der Waals surface area contributed by atoms with Crippen molar-refractivity contribution in [1.82, 2.24) is 14.3 Å². The maximum Gasteiger partial charge on any atom is 0.417 e. The van der Waals surface area contributed by atoms with Crippen molar-refractivity contribution in [1.29, 1.82) is 0 Å². The Hall–Kier alpha value is -1.19. The van der Waals surface area contributed by atoms with E-state index in [4.69, 9.17) is 4.74 Å². The zero-order chi connectivity index (χ0) is 14.6. The molecule has 2 rings (SSSR count). The van der Waals surface area contributed by atoms with Gasteiger partial charge in [-0.15, -0.1) is 0 Å². The van der Waals surface area contributed by atoms with Crippen molar-refractivity contribution in [2.24, 2.45) is 0 Å². The van der Waals surface area contributed by atoms with E-state index in [0.717, 1.165) is 12.3 Å². The van der Waals surface area contributed by atoms with Crippen molar-refractivity contribution < 1.29 is 17.9 Å². The Morgan fingerprint density at radius 3 is 2.75 bits per heavy atom. The lowest BCUT2D eigenvalue weighted by Gasteiger charge is -2.05. The Morgan fingerprint density at radius 1 is 1.35 bits per heavy atom. The molecule has 0 radical (unpaired) electrons. The number of hydrogen-bond acceptors (Lipinski definition) is 6. The maximum absolute atomic E-state index is 12.4. The summed E-state index contributed by atoms with van der Waals surface area (Å²) in [7, 11) is 1.59. The molecule has 2 aromatic rings. The SMILES string of the molecule is COCCc1nsc(Sc2ccc(C(F)(F)F)cn2)n1. The largest absolute Gasteiger partial charge is 0.417 e. The summed E-state index contributed by atoms with van der Waals surface area (Å²) in [6.07, 6.45) is -2.95. The van der Waals surface area contributed by atoms with Gasteiger partial charge in [-0.1, -0.05) is 0 Å². The summed E-state index contributed by atoms with van der Waals surface area (Å²) in [6, 6.07) is 2.33. The second-order valence-corrected chi connectivity index (χ2v) is 5.72. The Bertz CT molecular complexity index is 557. The standard InChI is InChI=1S/C11H10F3N3OS2/c1-18-5-4-8-16-10(20-17-8)19-9-3-2-7(6-15-9)11(12,13)14/h2-3,6H,4-5H2,1H3. The summed E-state index contributed by atoms with van der Waals surface area (Å²) in [5, 5.41) is 0.451. The summed E-state index contributed by atoms with van der Waals surface area (Å²) in [6.45, 7) is 0.527. The second-order valence-electron chi connectivity index (χ2n) is 3.70. The average Bonchev–Trinajstić information content (AvgIpc) is 2.83. The highest BCUT2D eigenvalue weighted by Crippen LogP contribution is 2.31. The minimum absolute atomic E-state index is 0.451. The number of pyridine rings is 1. The molecule has 0 atom stereocenters. The highest BCUT2D eigenvalue weighted by atomic mass is 32.2. The molecule has 0 fully saturated rings. The molecule has 2 heterocycles. The van der Waals surface area contributed by atoms with Crippen LogP contribution >= 0.6 is 23.3 Å². The normalized spacial score (nSPS) is 11.8. The highest BCUT2D eigenvalue weighted by Gasteiger charge is 2.30. The molecule has 0 bridgehead atoms. The van der Waals surface area contributed by atoms with Crippen LogP contribution in [-0.2, 0) is 17.3 Å². The molecule has 0 aliphatic carbocycles. The molecule has 0 aliphatic rings. The molecule has 0 unspecified atom stereocenters. The Balaban J connectivity index is 2.01. The van der Waals surface area contributed by atoms with E-state index in [0.29, 0.717) is 28.2 Å². The topological polar surface area (TPSA) is 47.9 Å². The zero-order valence-electron chi connectivity index (χ0n) is 10.3. The van der Waals surface area contributed by atoms with Gasteiger partial charge in [0.25, 0.3) is 0 Å². The molecule has 0 aromatic carbocycles. The molecule has 20 heavy (non-hydrogen) atoms. The van der Waals surface area contributed by atoms with Gasteiger partial charge in [0.1, 0.15) is 10.9 Å². The van der Waals surface area contributed by atoms with Crippen LogP contribution < -0.4 is 0 Å². The second kappa shape index (κ2) is 6.51. The first-order chi connectivity index (χ1) is 9.49. The number of nitrogens with zero attached hydrogens (tertiary/aromatic N) is 3. The molecule has 2 aromatic heterocycles. The van der Waals surface area contributed by atoms with Gasteiger partial charge in [-0.05, 0) is 35.4 Å². The number of methoxy groups -OCH3 is 1. The lowest BCUT2D eigenvalue weighted by atomic mass is 10.3. The number of alkyl halides is 3. The fourth-order valence-corrected chi connectivity index (χ4v) is 2.82. The van der Waals surface area contributed by atoms with Crippen molar-refractivity contribution in [3.63, 3.8) is 0 Å². The Morgan fingerprint density at radius 2 is 2.15 bits per heavy atom. The van der Waals surface area contributed by atoms with Gasteiger partial charge in [-0.25, -0.2) is 9.97 Å². The highest BCUT2D eigenvalue weighted by molar-refractivity contribution is 8.00. The van der Waals surface area contributed by atoms with Crippen molar-refractivity contribution >= 4 is 23.3 Å². The van der Waals surface area contributed by atoms with Crippen LogP contribution in [0.25, 0.3) is 0 Å². The van der Waals surface area contributed by atoms with Crippen molar-refractivity contribution in [3.05, 3.63) is 29.7 Å². The lowest BCUT2D eigenvalue weighted by Crippen LogP contribution is -2.04. The molecule has 0 saturated heterocycles. The van der Waals surface area contributed by atoms with E-state index in [9.17, 15) is 13.2 Å². The smallest absolute Gasteiger partial charge is 0.384 e. The zero-order valence-corrected chi connectivity index (χ0v) is 12.0. The fraction of sp³-hybridized carbons (Fsp3) is 0.364. The van der Waals surface area contributed by atoms with Crippen LogP contribution in [0.5, 0.6) is 0 Å². The fourth-order valence-electron chi connectivity index (χ4n) is 1.27. The third kappa shape index (κ3) is 4.15. The monoisotopic (exact) mass is 321 g/mol. The first-order valence-corrected chi connectivity index (χ1v) is 7.10. The molecule has 9 heteroatoms. The van der Waals surface area contributed by atoms with Gasteiger partial charge in [0, 0.05) is 19.7 Å². The molecule has 0 N–H and O–H groups in total. The van der Waals surface area contributed by atoms with E-state index < -0.39 is 11.7 Å². The minimum Gasteiger partial charge on any atom is -0.384 e. The van der Waals surface area contributed by atoms with Crippen LogP contribution in [0.3, 0.4) is 0 Å². The van der Waals surface area contributed by atoms with Gasteiger partial charge in [0.2, 0.25) is 0 Å². The van der Waals surface area contributed by atoms with E-state index >= 15 is 0 Å². The molecular weight excluding hydrogens is 311 g/mol. The van der Waals surface area contributed by atoms with Crippen LogP contribution in [0, 0.1) is 0 Å². The predicted octanol–water partition coefficient (Wildman–Crippen LogP) is 3.29. The number of hydrogen-bond donors (Lipinski definition) is 0. The van der Waals surface area contributed by atoms with Gasteiger partial charge in [-0.3, -0.25) is 0 Å². The van der Waals surface area contributed by atoms with E-state index in [-0.39, 0.29) is 0 Å². The summed E-state index contributed by atoms with van der Waals surface area (Å²) >= 11 is 2.38. The Kier molecular flexibility index (Phi) is 4.95. The van der Waals surface area contributed by atoms with Crippen LogP contribution in [0.15, 0.2) is 27.7 Å². The van der Waals surface area contributed by atoms with Crippen LogP contribution in [-0.4, -0.2) is 28.1 Å². The summed E-state index contributed by atoms with van der Waals surface area (Å²) in [4.78, 5) is 8.01. The van der Waals surface area contributed by atoms with E-state index in [1.165, 1.54) is 29.4 Å². The van der Waals surface area contributed by atoms with Gasteiger partial charge in [-0.2, -0.15) is 17.5 Å². The lowest BCUT2D eigenvalue weighted by molar-refractivity contribution is -0.137.